The van der Waals surface area contributed by atoms with Crippen LogP contribution in [0.1, 0.15) is 23.9 Å². The normalized spacial score (nSPS) is 10.8. The maximum atomic E-state index is 12.2. The van der Waals surface area contributed by atoms with E-state index in [0.717, 1.165) is 22.7 Å². The average Bonchev–Trinajstić information content (AvgIpc) is 3.09. The first-order valence-corrected chi connectivity index (χ1v) is 10.6. The van der Waals surface area contributed by atoms with Gasteiger partial charge in [-0.05, 0) is 56.2 Å². The largest absolute Gasteiger partial charge is 0.485 e. The van der Waals surface area contributed by atoms with E-state index in [1.807, 2.05) is 43.5 Å². The summed E-state index contributed by atoms with van der Waals surface area (Å²) < 4.78 is 7.97. The van der Waals surface area contributed by atoms with Gasteiger partial charge in [-0.25, -0.2) is 0 Å². The molecule has 0 saturated carbocycles. The van der Waals surface area contributed by atoms with Crippen LogP contribution in [0.4, 0.5) is 5.69 Å². The SMILES string of the molecule is CCn1c(COc2c(C)cccc2C)nnc1SCC(=O)Nc1ccc(Cl)cc1. The van der Waals surface area contributed by atoms with Gasteiger partial charge in [0.15, 0.2) is 11.0 Å². The molecule has 1 N–H and O–H groups in total. The number of hydrogen-bond donors (Lipinski definition) is 1. The Hall–Kier alpha value is -2.51. The molecule has 0 aliphatic rings. The molecule has 1 heterocycles. The molecule has 0 unspecified atom stereocenters. The molecule has 0 atom stereocenters. The van der Waals surface area contributed by atoms with Gasteiger partial charge in [-0.1, -0.05) is 41.6 Å². The number of carbonyl (C=O) groups excluding carboxylic acids is 1. The van der Waals surface area contributed by atoms with E-state index in [0.29, 0.717) is 29.0 Å². The Balaban J connectivity index is 1.60. The van der Waals surface area contributed by atoms with E-state index in [1.165, 1.54) is 11.8 Å². The van der Waals surface area contributed by atoms with Crippen molar-refractivity contribution in [2.75, 3.05) is 11.1 Å². The molecule has 8 heteroatoms. The highest BCUT2D eigenvalue weighted by atomic mass is 35.5. The second-order valence-electron chi connectivity index (χ2n) is 6.50. The van der Waals surface area contributed by atoms with Crippen molar-refractivity contribution in [3.05, 3.63) is 64.4 Å². The van der Waals surface area contributed by atoms with Gasteiger partial charge in [-0.2, -0.15) is 0 Å². The van der Waals surface area contributed by atoms with Gasteiger partial charge in [0.05, 0.1) is 5.75 Å². The lowest BCUT2D eigenvalue weighted by atomic mass is 10.1. The monoisotopic (exact) mass is 430 g/mol. The summed E-state index contributed by atoms with van der Waals surface area (Å²) in [6, 6.07) is 13.1. The number of nitrogens with zero attached hydrogens (tertiary/aromatic N) is 3. The molecule has 0 saturated heterocycles. The van der Waals surface area contributed by atoms with Gasteiger partial charge in [-0.15, -0.1) is 10.2 Å². The average molecular weight is 431 g/mol. The van der Waals surface area contributed by atoms with E-state index in [2.05, 4.69) is 15.5 Å². The highest BCUT2D eigenvalue weighted by molar-refractivity contribution is 7.99. The minimum absolute atomic E-state index is 0.115. The van der Waals surface area contributed by atoms with Crippen molar-refractivity contribution >= 4 is 35.0 Å². The molecular formula is C21H23ClN4O2S. The maximum Gasteiger partial charge on any atom is 0.234 e. The van der Waals surface area contributed by atoms with Gasteiger partial charge in [0.2, 0.25) is 5.91 Å². The van der Waals surface area contributed by atoms with Crippen LogP contribution in [0.5, 0.6) is 5.75 Å². The summed E-state index contributed by atoms with van der Waals surface area (Å²) in [5.41, 5.74) is 2.88. The number of benzene rings is 2. The lowest BCUT2D eigenvalue weighted by molar-refractivity contribution is -0.113. The molecule has 0 bridgehead atoms. The molecule has 6 nitrogen and oxygen atoms in total. The number of hydrogen-bond acceptors (Lipinski definition) is 5. The van der Waals surface area contributed by atoms with E-state index in [4.69, 9.17) is 16.3 Å². The van der Waals surface area contributed by atoms with Gasteiger partial charge < -0.3 is 14.6 Å². The maximum absolute atomic E-state index is 12.2. The van der Waals surface area contributed by atoms with E-state index < -0.39 is 0 Å². The second-order valence-corrected chi connectivity index (χ2v) is 7.88. The van der Waals surface area contributed by atoms with Crippen LogP contribution in [-0.2, 0) is 17.9 Å². The molecule has 0 aliphatic carbocycles. The van der Waals surface area contributed by atoms with Crippen LogP contribution in [0.3, 0.4) is 0 Å². The number of thioether (sulfide) groups is 1. The van der Waals surface area contributed by atoms with Crippen LogP contribution in [0.25, 0.3) is 0 Å². The minimum atomic E-state index is -0.115. The van der Waals surface area contributed by atoms with Crippen molar-refractivity contribution in [1.82, 2.24) is 14.8 Å². The molecule has 3 rings (SSSR count). The summed E-state index contributed by atoms with van der Waals surface area (Å²) in [5, 5.41) is 12.7. The standard InChI is InChI=1S/C21H23ClN4O2S/c1-4-26-18(12-28-20-14(2)6-5-7-15(20)3)24-25-21(26)29-13-19(27)23-17-10-8-16(22)9-11-17/h5-11H,4,12-13H2,1-3H3,(H,23,27). The fourth-order valence-corrected chi connectivity index (χ4v) is 3.82. The van der Waals surface area contributed by atoms with Gasteiger partial charge in [0.1, 0.15) is 12.4 Å². The summed E-state index contributed by atoms with van der Waals surface area (Å²) in [6.07, 6.45) is 0. The predicted octanol–water partition coefficient (Wildman–Crippen LogP) is 4.88. The number of nitrogens with one attached hydrogen (secondary N) is 1. The molecule has 0 spiro atoms. The molecule has 2 aromatic carbocycles. The van der Waals surface area contributed by atoms with E-state index >= 15 is 0 Å². The van der Waals surface area contributed by atoms with Crippen molar-refractivity contribution in [2.24, 2.45) is 0 Å². The smallest absolute Gasteiger partial charge is 0.234 e. The van der Waals surface area contributed by atoms with Gasteiger partial charge in [0, 0.05) is 17.3 Å². The van der Waals surface area contributed by atoms with Crippen molar-refractivity contribution < 1.29 is 9.53 Å². The van der Waals surface area contributed by atoms with Crippen molar-refractivity contribution in [3.8, 4) is 5.75 Å². The summed E-state index contributed by atoms with van der Waals surface area (Å²) in [6.45, 7) is 7.08. The highest BCUT2D eigenvalue weighted by Gasteiger charge is 2.14. The van der Waals surface area contributed by atoms with Crippen molar-refractivity contribution in [3.63, 3.8) is 0 Å². The Kier molecular flexibility index (Phi) is 7.17. The Morgan fingerprint density at radius 3 is 2.48 bits per heavy atom. The lowest BCUT2D eigenvalue weighted by Crippen LogP contribution is -2.15. The molecule has 3 aromatic rings. The third-order valence-electron chi connectivity index (χ3n) is 4.32. The Morgan fingerprint density at radius 1 is 1.14 bits per heavy atom. The van der Waals surface area contributed by atoms with Crippen molar-refractivity contribution in [1.29, 1.82) is 0 Å². The molecule has 0 aliphatic heterocycles. The summed E-state index contributed by atoms with van der Waals surface area (Å²) >= 11 is 7.21. The van der Waals surface area contributed by atoms with Crippen LogP contribution in [0, 0.1) is 13.8 Å². The van der Waals surface area contributed by atoms with Crippen molar-refractivity contribution in [2.45, 2.75) is 39.1 Å². The van der Waals surface area contributed by atoms with E-state index in [-0.39, 0.29) is 11.7 Å². The number of anilines is 1. The molecule has 29 heavy (non-hydrogen) atoms. The lowest BCUT2D eigenvalue weighted by Gasteiger charge is -2.12. The van der Waals surface area contributed by atoms with Gasteiger partial charge >= 0.3 is 0 Å². The third kappa shape index (κ3) is 5.52. The third-order valence-corrected chi connectivity index (χ3v) is 5.54. The summed E-state index contributed by atoms with van der Waals surface area (Å²) in [7, 11) is 0. The van der Waals surface area contributed by atoms with Gasteiger partial charge in [-0.3, -0.25) is 4.79 Å². The predicted molar refractivity (Wildman–Crippen MR) is 117 cm³/mol. The number of rotatable bonds is 8. The fraction of sp³-hybridized carbons (Fsp3) is 0.286. The molecular weight excluding hydrogens is 408 g/mol. The first-order valence-electron chi connectivity index (χ1n) is 9.27. The van der Waals surface area contributed by atoms with E-state index in [9.17, 15) is 4.79 Å². The molecule has 152 valence electrons. The number of halogens is 1. The Bertz CT molecular complexity index is 969. The zero-order chi connectivity index (χ0) is 20.8. The number of aryl methyl sites for hydroxylation is 2. The summed E-state index contributed by atoms with van der Waals surface area (Å²) in [5.74, 6) is 1.72. The Morgan fingerprint density at radius 2 is 1.83 bits per heavy atom. The number of aromatic nitrogens is 3. The minimum Gasteiger partial charge on any atom is -0.485 e. The van der Waals surface area contributed by atoms with Crippen LogP contribution in [0.15, 0.2) is 47.6 Å². The second kappa shape index (κ2) is 9.80. The molecule has 0 radical (unpaired) electrons. The van der Waals surface area contributed by atoms with Crippen LogP contribution >= 0.6 is 23.4 Å². The first kappa shape index (κ1) is 21.2. The molecule has 1 aromatic heterocycles. The van der Waals surface area contributed by atoms with Crippen LogP contribution in [0.2, 0.25) is 5.02 Å². The number of carbonyl (C=O) groups is 1. The molecule has 0 fully saturated rings. The van der Waals surface area contributed by atoms with Crippen LogP contribution < -0.4 is 10.1 Å². The topological polar surface area (TPSA) is 69.0 Å². The zero-order valence-electron chi connectivity index (χ0n) is 16.6. The highest BCUT2D eigenvalue weighted by Crippen LogP contribution is 2.24. The molecule has 1 amide bonds. The van der Waals surface area contributed by atoms with Gasteiger partial charge in [0.25, 0.3) is 0 Å². The fourth-order valence-electron chi connectivity index (χ4n) is 2.87. The first-order chi connectivity index (χ1) is 14.0. The Labute approximate surface area is 179 Å². The zero-order valence-corrected chi connectivity index (χ0v) is 18.2. The number of ether oxygens (including phenoxy) is 1. The van der Waals surface area contributed by atoms with E-state index in [1.54, 1.807) is 24.3 Å². The number of para-hydroxylation sites is 1. The quantitative estimate of drug-likeness (QED) is 0.516. The summed E-state index contributed by atoms with van der Waals surface area (Å²) in [4.78, 5) is 12.2. The number of amides is 1. The van der Waals surface area contributed by atoms with Crippen LogP contribution in [-0.4, -0.2) is 26.4 Å².